The normalized spacial score (nSPS) is 14.1. The summed E-state index contributed by atoms with van der Waals surface area (Å²) in [7, 11) is 0. The second-order valence-corrected chi connectivity index (χ2v) is 7.39. The van der Waals surface area contributed by atoms with Crippen LogP contribution in [-0.4, -0.2) is 57.6 Å². The summed E-state index contributed by atoms with van der Waals surface area (Å²) < 4.78 is 14.8. The van der Waals surface area contributed by atoms with Crippen LogP contribution in [0.1, 0.15) is 21.7 Å². The molecule has 4 rings (SSSR count). The average Bonchev–Trinajstić information content (AvgIpc) is 3.17. The van der Waals surface area contributed by atoms with Crippen LogP contribution >= 0.6 is 0 Å². The maximum atomic E-state index is 13.0. The average molecular weight is 406 g/mol. The molecule has 0 bridgehead atoms. The first-order valence-corrected chi connectivity index (χ1v) is 9.95. The third kappa shape index (κ3) is 4.25. The van der Waals surface area contributed by atoms with Crippen molar-refractivity contribution in [3.05, 3.63) is 83.4 Å². The van der Waals surface area contributed by atoms with Gasteiger partial charge in [-0.2, -0.15) is 5.10 Å². The zero-order valence-electron chi connectivity index (χ0n) is 16.8. The van der Waals surface area contributed by atoms with E-state index in [4.69, 9.17) is 0 Å². The van der Waals surface area contributed by atoms with Crippen LogP contribution in [0.25, 0.3) is 5.69 Å². The molecule has 1 fully saturated rings. The number of benzene rings is 2. The third-order valence-electron chi connectivity index (χ3n) is 5.30. The number of piperazine rings is 1. The fourth-order valence-corrected chi connectivity index (χ4v) is 3.62. The monoisotopic (exact) mass is 406 g/mol. The number of rotatable bonds is 4. The number of carbonyl (C=O) groups excluding carboxylic acids is 2. The summed E-state index contributed by atoms with van der Waals surface area (Å²) in [5, 5.41) is 4.49. The highest BCUT2D eigenvalue weighted by Gasteiger charge is 2.26. The molecule has 2 aromatic carbocycles. The van der Waals surface area contributed by atoms with E-state index in [1.54, 1.807) is 32.7 Å². The van der Waals surface area contributed by atoms with Crippen molar-refractivity contribution >= 4 is 11.8 Å². The highest BCUT2D eigenvalue weighted by Crippen LogP contribution is 2.15. The predicted molar refractivity (Wildman–Crippen MR) is 111 cm³/mol. The van der Waals surface area contributed by atoms with E-state index in [1.165, 1.54) is 12.1 Å². The van der Waals surface area contributed by atoms with Gasteiger partial charge in [-0.3, -0.25) is 9.59 Å². The highest BCUT2D eigenvalue weighted by atomic mass is 19.1. The highest BCUT2D eigenvalue weighted by molar-refractivity contribution is 5.92. The number of aromatic nitrogens is 2. The molecule has 1 aliphatic heterocycles. The molecule has 3 aromatic rings. The number of halogens is 1. The standard InChI is InChI=1S/C23H23FN4O2/c1-17-15-21(25-28(17)20-5-3-2-4-6-20)23(30)27-13-11-26(12-14-27)22(29)16-18-7-9-19(24)10-8-18/h2-10,15H,11-14,16H2,1H3. The van der Waals surface area contributed by atoms with E-state index in [-0.39, 0.29) is 24.1 Å². The smallest absolute Gasteiger partial charge is 0.274 e. The number of amides is 2. The number of carbonyl (C=O) groups is 2. The first kappa shape index (κ1) is 19.8. The Labute approximate surface area is 174 Å². The Morgan fingerprint density at radius 1 is 0.933 bits per heavy atom. The maximum Gasteiger partial charge on any atom is 0.274 e. The van der Waals surface area contributed by atoms with Crippen molar-refractivity contribution in [1.29, 1.82) is 0 Å². The molecular formula is C23H23FN4O2. The molecular weight excluding hydrogens is 383 g/mol. The molecule has 154 valence electrons. The van der Waals surface area contributed by atoms with Gasteiger partial charge < -0.3 is 9.80 Å². The number of hydrogen-bond donors (Lipinski definition) is 0. The molecule has 7 heteroatoms. The van der Waals surface area contributed by atoms with E-state index in [1.807, 2.05) is 37.3 Å². The molecule has 1 saturated heterocycles. The number of hydrogen-bond acceptors (Lipinski definition) is 3. The Bertz CT molecular complexity index is 1040. The van der Waals surface area contributed by atoms with Crippen LogP contribution in [0.15, 0.2) is 60.7 Å². The summed E-state index contributed by atoms with van der Waals surface area (Å²) in [6.45, 7) is 3.80. The Balaban J connectivity index is 1.36. The quantitative estimate of drug-likeness (QED) is 0.670. The van der Waals surface area contributed by atoms with Gasteiger partial charge in [-0.25, -0.2) is 9.07 Å². The second kappa shape index (κ2) is 8.49. The van der Waals surface area contributed by atoms with E-state index in [0.717, 1.165) is 16.9 Å². The lowest BCUT2D eigenvalue weighted by atomic mass is 10.1. The van der Waals surface area contributed by atoms with E-state index < -0.39 is 0 Å². The molecule has 0 radical (unpaired) electrons. The van der Waals surface area contributed by atoms with Gasteiger partial charge in [-0.15, -0.1) is 0 Å². The van der Waals surface area contributed by atoms with E-state index in [9.17, 15) is 14.0 Å². The minimum atomic E-state index is -0.316. The Morgan fingerprint density at radius 3 is 2.23 bits per heavy atom. The SMILES string of the molecule is Cc1cc(C(=O)N2CCN(C(=O)Cc3ccc(F)cc3)CC2)nn1-c1ccccc1. The molecule has 0 unspecified atom stereocenters. The Kier molecular flexibility index (Phi) is 5.61. The third-order valence-corrected chi connectivity index (χ3v) is 5.30. The van der Waals surface area contributed by atoms with Crippen molar-refractivity contribution in [2.45, 2.75) is 13.3 Å². The van der Waals surface area contributed by atoms with Crippen LogP contribution in [-0.2, 0) is 11.2 Å². The molecule has 0 saturated carbocycles. The van der Waals surface area contributed by atoms with Crippen molar-refractivity contribution in [3.8, 4) is 5.69 Å². The lowest BCUT2D eigenvalue weighted by molar-refractivity contribution is -0.131. The number of aryl methyl sites for hydroxylation is 1. The zero-order chi connectivity index (χ0) is 21.1. The lowest BCUT2D eigenvalue weighted by Crippen LogP contribution is -2.51. The van der Waals surface area contributed by atoms with Crippen LogP contribution in [0.2, 0.25) is 0 Å². The molecule has 30 heavy (non-hydrogen) atoms. The lowest BCUT2D eigenvalue weighted by Gasteiger charge is -2.34. The van der Waals surface area contributed by atoms with Gasteiger partial charge in [0.2, 0.25) is 5.91 Å². The zero-order valence-corrected chi connectivity index (χ0v) is 16.8. The molecule has 0 spiro atoms. The van der Waals surface area contributed by atoms with Crippen molar-refractivity contribution in [1.82, 2.24) is 19.6 Å². The summed E-state index contributed by atoms with van der Waals surface area (Å²) in [4.78, 5) is 28.9. The number of nitrogens with zero attached hydrogens (tertiary/aromatic N) is 4. The van der Waals surface area contributed by atoms with Crippen LogP contribution in [0.5, 0.6) is 0 Å². The van der Waals surface area contributed by atoms with E-state index in [0.29, 0.717) is 31.9 Å². The first-order valence-electron chi connectivity index (χ1n) is 9.95. The molecule has 2 amide bonds. The Morgan fingerprint density at radius 2 is 1.57 bits per heavy atom. The summed E-state index contributed by atoms with van der Waals surface area (Å²) in [5.74, 6) is -0.459. The minimum Gasteiger partial charge on any atom is -0.339 e. The van der Waals surface area contributed by atoms with Crippen molar-refractivity contribution < 1.29 is 14.0 Å². The topological polar surface area (TPSA) is 58.4 Å². The van der Waals surface area contributed by atoms with Crippen molar-refractivity contribution in [2.75, 3.05) is 26.2 Å². The number of para-hydroxylation sites is 1. The van der Waals surface area contributed by atoms with E-state index >= 15 is 0 Å². The molecule has 2 heterocycles. The largest absolute Gasteiger partial charge is 0.339 e. The van der Waals surface area contributed by atoms with Gasteiger partial charge in [0, 0.05) is 31.9 Å². The van der Waals surface area contributed by atoms with Crippen LogP contribution in [0, 0.1) is 12.7 Å². The van der Waals surface area contributed by atoms with Crippen LogP contribution in [0.3, 0.4) is 0 Å². The molecule has 1 aromatic heterocycles. The van der Waals surface area contributed by atoms with Crippen molar-refractivity contribution in [3.63, 3.8) is 0 Å². The molecule has 0 N–H and O–H groups in total. The summed E-state index contributed by atoms with van der Waals surface area (Å²) in [6.07, 6.45) is 0.231. The summed E-state index contributed by atoms with van der Waals surface area (Å²) in [5.41, 5.74) is 2.98. The second-order valence-electron chi connectivity index (χ2n) is 7.39. The van der Waals surface area contributed by atoms with E-state index in [2.05, 4.69) is 5.10 Å². The van der Waals surface area contributed by atoms with Gasteiger partial charge in [-0.1, -0.05) is 30.3 Å². The first-order chi connectivity index (χ1) is 14.5. The van der Waals surface area contributed by atoms with Gasteiger partial charge in [-0.05, 0) is 42.8 Å². The predicted octanol–water partition coefficient (Wildman–Crippen LogP) is 2.85. The summed E-state index contributed by atoms with van der Waals surface area (Å²) in [6, 6.07) is 17.4. The molecule has 1 aliphatic rings. The van der Waals surface area contributed by atoms with Gasteiger partial charge in [0.25, 0.3) is 5.91 Å². The fourth-order valence-electron chi connectivity index (χ4n) is 3.62. The van der Waals surface area contributed by atoms with Gasteiger partial charge >= 0.3 is 0 Å². The van der Waals surface area contributed by atoms with Crippen LogP contribution in [0.4, 0.5) is 4.39 Å². The van der Waals surface area contributed by atoms with Gasteiger partial charge in [0.1, 0.15) is 5.82 Å². The summed E-state index contributed by atoms with van der Waals surface area (Å²) >= 11 is 0. The fraction of sp³-hybridized carbons (Fsp3) is 0.261. The molecule has 0 aliphatic carbocycles. The van der Waals surface area contributed by atoms with Gasteiger partial charge in [0.05, 0.1) is 12.1 Å². The maximum absolute atomic E-state index is 13.0. The molecule has 0 atom stereocenters. The molecule has 6 nitrogen and oxygen atoms in total. The Hall–Kier alpha value is -3.48. The van der Waals surface area contributed by atoms with Gasteiger partial charge in [0.15, 0.2) is 5.69 Å². The minimum absolute atomic E-state index is 0.0158. The van der Waals surface area contributed by atoms with Crippen molar-refractivity contribution in [2.24, 2.45) is 0 Å². The van der Waals surface area contributed by atoms with Crippen LogP contribution < -0.4 is 0 Å².